The molecule has 1 aliphatic carbocycles. The lowest BCUT2D eigenvalue weighted by Gasteiger charge is -2.25. The Kier molecular flexibility index (Phi) is 4.51. The molecular formula is C14H23N3O2S2. The number of hydrogen-bond donors (Lipinski definition) is 1. The van der Waals surface area contributed by atoms with Crippen LogP contribution in [0.15, 0.2) is 0 Å². The molecule has 1 aliphatic heterocycles. The van der Waals surface area contributed by atoms with Crippen LogP contribution in [0.3, 0.4) is 0 Å². The Morgan fingerprint density at radius 1 is 1.33 bits per heavy atom. The van der Waals surface area contributed by atoms with E-state index in [1.807, 2.05) is 0 Å². The van der Waals surface area contributed by atoms with Gasteiger partial charge in [0, 0.05) is 30.6 Å². The van der Waals surface area contributed by atoms with Crippen LogP contribution in [-0.2, 0) is 22.8 Å². The van der Waals surface area contributed by atoms with Gasteiger partial charge in [0.2, 0.25) is 0 Å². The molecule has 5 nitrogen and oxygen atoms in total. The Morgan fingerprint density at radius 2 is 2.05 bits per heavy atom. The number of aryl methyl sites for hydroxylation is 1. The first-order chi connectivity index (χ1) is 10.1. The van der Waals surface area contributed by atoms with Crippen LogP contribution >= 0.6 is 11.3 Å². The third-order valence-corrected chi connectivity index (χ3v) is 6.76. The van der Waals surface area contributed by atoms with Crippen molar-refractivity contribution < 1.29 is 8.42 Å². The Labute approximate surface area is 130 Å². The number of aromatic nitrogens is 1. The molecule has 0 unspecified atom stereocenters. The number of nitrogens with one attached hydrogen (secondary N) is 1. The van der Waals surface area contributed by atoms with Crippen LogP contribution in [0.4, 0.5) is 5.13 Å². The van der Waals surface area contributed by atoms with Crippen molar-refractivity contribution in [2.45, 2.75) is 45.2 Å². The van der Waals surface area contributed by atoms with E-state index in [0.717, 1.165) is 24.5 Å². The van der Waals surface area contributed by atoms with Crippen molar-refractivity contribution in [1.29, 1.82) is 0 Å². The smallest absolute Gasteiger partial charge is 0.185 e. The van der Waals surface area contributed by atoms with Crippen molar-refractivity contribution in [2.24, 2.45) is 0 Å². The minimum Gasteiger partial charge on any atom is -0.346 e. The molecule has 2 heterocycles. The maximum Gasteiger partial charge on any atom is 0.185 e. The second kappa shape index (κ2) is 6.22. The zero-order chi connectivity index (χ0) is 14.9. The summed E-state index contributed by atoms with van der Waals surface area (Å²) < 4.78 is 23.1. The molecule has 0 bridgehead atoms. The predicted molar refractivity (Wildman–Crippen MR) is 86.8 cm³/mol. The molecule has 1 aromatic rings. The van der Waals surface area contributed by atoms with E-state index >= 15 is 0 Å². The van der Waals surface area contributed by atoms with Gasteiger partial charge in [-0.2, -0.15) is 0 Å². The molecule has 21 heavy (non-hydrogen) atoms. The van der Waals surface area contributed by atoms with Crippen LogP contribution in [0.5, 0.6) is 0 Å². The molecular weight excluding hydrogens is 306 g/mol. The highest BCUT2D eigenvalue weighted by molar-refractivity contribution is 7.91. The Hall–Kier alpha value is -0.660. The van der Waals surface area contributed by atoms with Gasteiger partial charge in [-0.3, -0.25) is 0 Å². The highest BCUT2D eigenvalue weighted by atomic mass is 32.2. The van der Waals surface area contributed by atoms with Crippen molar-refractivity contribution in [3.63, 3.8) is 0 Å². The highest BCUT2D eigenvalue weighted by Crippen LogP contribution is 2.29. The number of thiazole rings is 1. The summed E-state index contributed by atoms with van der Waals surface area (Å²) in [6.07, 6.45) is 4.68. The lowest BCUT2D eigenvalue weighted by molar-refractivity contribution is 0.586. The van der Waals surface area contributed by atoms with Gasteiger partial charge in [0.05, 0.1) is 17.2 Å². The van der Waals surface area contributed by atoms with E-state index in [1.54, 1.807) is 11.3 Å². The van der Waals surface area contributed by atoms with E-state index in [-0.39, 0.29) is 11.5 Å². The third-order valence-electron chi connectivity index (χ3n) is 4.00. The van der Waals surface area contributed by atoms with E-state index in [0.29, 0.717) is 19.1 Å². The van der Waals surface area contributed by atoms with Gasteiger partial charge < -0.3 is 10.2 Å². The van der Waals surface area contributed by atoms with E-state index in [4.69, 9.17) is 4.98 Å². The number of anilines is 1. The van der Waals surface area contributed by atoms with Gasteiger partial charge in [-0.15, -0.1) is 11.3 Å². The standard InChI is InChI=1S/C14H23N3O2S2/c1-2-3-12-13(10-15-11-4-5-11)20-14(16-12)17-6-8-21(18,19)9-7-17/h11,15H,2-10H2,1H3. The van der Waals surface area contributed by atoms with Gasteiger partial charge in [0.25, 0.3) is 0 Å². The second-order valence-electron chi connectivity index (χ2n) is 5.91. The number of nitrogens with zero attached hydrogens (tertiary/aromatic N) is 2. The number of sulfone groups is 1. The van der Waals surface area contributed by atoms with E-state index in [9.17, 15) is 8.42 Å². The summed E-state index contributed by atoms with van der Waals surface area (Å²) in [5, 5.41) is 4.56. The SMILES string of the molecule is CCCc1nc(N2CCS(=O)(=O)CC2)sc1CNC1CC1. The topological polar surface area (TPSA) is 62.3 Å². The monoisotopic (exact) mass is 329 g/mol. The lowest BCUT2D eigenvalue weighted by atomic mass is 10.2. The molecule has 0 amide bonds. The fraction of sp³-hybridized carbons (Fsp3) is 0.786. The van der Waals surface area contributed by atoms with Crippen LogP contribution in [0.2, 0.25) is 0 Å². The van der Waals surface area contributed by atoms with Crippen LogP contribution in [0, 0.1) is 0 Å². The van der Waals surface area contributed by atoms with Crippen molar-refractivity contribution in [3.05, 3.63) is 10.6 Å². The maximum atomic E-state index is 11.5. The lowest BCUT2D eigenvalue weighted by Crippen LogP contribution is -2.40. The fourth-order valence-corrected chi connectivity index (χ4v) is 4.81. The molecule has 1 N–H and O–H groups in total. The first-order valence-corrected chi connectivity index (χ1v) is 10.4. The molecule has 0 aromatic carbocycles. The Balaban J connectivity index is 1.70. The minimum atomic E-state index is -2.83. The molecule has 1 saturated carbocycles. The van der Waals surface area contributed by atoms with E-state index < -0.39 is 9.84 Å². The Morgan fingerprint density at radius 3 is 2.67 bits per heavy atom. The van der Waals surface area contributed by atoms with Crippen molar-refractivity contribution in [1.82, 2.24) is 10.3 Å². The summed E-state index contributed by atoms with van der Waals surface area (Å²) in [6.45, 7) is 4.24. The number of hydrogen-bond acceptors (Lipinski definition) is 6. The molecule has 7 heteroatoms. The summed E-state index contributed by atoms with van der Waals surface area (Å²) in [4.78, 5) is 8.24. The zero-order valence-electron chi connectivity index (χ0n) is 12.5. The van der Waals surface area contributed by atoms with Gasteiger partial charge in [-0.1, -0.05) is 13.3 Å². The van der Waals surface area contributed by atoms with Crippen LogP contribution < -0.4 is 10.2 Å². The summed E-state index contributed by atoms with van der Waals surface area (Å²) in [5.74, 6) is 0.511. The van der Waals surface area contributed by atoms with Gasteiger partial charge in [-0.05, 0) is 19.3 Å². The maximum absolute atomic E-state index is 11.5. The molecule has 2 aliphatic rings. The van der Waals surface area contributed by atoms with Crippen molar-refractivity contribution >= 4 is 26.3 Å². The third kappa shape index (κ3) is 3.96. The summed E-state index contributed by atoms with van der Waals surface area (Å²) >= 11 is 1.73. The second-order valence-corrected chi connectivity index (χ2v) is 9.28. The van der Waals surface area contributed by atoms with Crippen LogP contribution in [0.1, 0.15) is 36.8 Å². The minimum absolute atomic E-state index is 0.255. The quantitative estimate of drug-likeness (QED) is 0.858. The molecule has 1 aromatic heterocycles. The van der Waals surface area contributed by atoms with Crippen LogP contribution in [0.25, 0.3) is 0 Å². The molecule has 0 spiro atoms. The molecule has 2 fully saturated rings. The predicted octanol–water partition coefficient (Wildman–Crippen LogP) is 1.58. The molecule has 0 radical (unpaired) electrons. The molecule has 118 valence electrons. The average molecular weight is 329 g/mol. The van der Waals surface area contributed by atoms with E-state index in [1.165, 1.54) is 23.4 Å². The summed E-state index contributed by atoms with van der Waals surface area (Å²) in [6, 6.07) is 0.699. The first-order valence-electron chi connectivity index (χ1n) is 7.75. The highest BCUT2D eigenvalue weighted by Gasteiger charge is 2.25. The summed E-state index contributed by atoms with van der Waals surface area (Å²) in [7, 11) is -2.83. The average Bonchev–Trinajstić information content (AvgIpc) is 3.19. The van der Waals surface area contributed by atoms with Gasteiger partial charge in [0.1, 0.15) is 0 Å². The Bertz CT molecular complexity index is 579. The molecule has 3 rings (SSSR count). The van der Waals surface area contributed by atoms with Gasteiger partial charge in [0.15, 0.2) is 15.0 Å². The number of rotatable bonds is 6. The summed E-state index contributed by atoms with van der Waals surface area (Å²) in [5.41, 5.74) is 1.19. The largest absolute Gasteiger partial charge is 0.346 e. The normalized spacial score (nSPS) is 21.7. The van der Waals surface area contributed by atoms with Crippen LogP contribution in [-0.4, -0.2) is 44.0 Å². The zero-order valence-corrected chi connectivity index (χ0v) is 14.1. The van der Waals surface area contributed by atoms with E-state index in [2.05, 4.69) is 17.1 Å². The van der Waals surface area contributed by atoms with Crippen molar-refractivity contribution in [2.75, 3.05) is 29.5 Å². The molecule has 1 saturated heterocycles. The van der Waals surface area contributed by atoms with Gasteiger partial charge >= 0.3 is 0 Å². The fourth-order valence-electron chi connectivity index (χ4n) is 2.50. The molecule has 0 atom stereocenters. The van der Waals surface area contributed by atoms with Gasteiger partial charge in [-0.25, -0.2) is 13.4 Å². The first kappa shape index (κ1) is 15.2. The van der Waals surface area contributed by atoms with Crippen molar-refractivity contribution in [3.8, 4) is 0 Å².